The van der Waals surface area contributed by atoms with Crippen LogP contribution >= 0.6 is 0 Å². The highest BCUT2D eigenvalue weighted by atomic mass is 19.4. The highest BCUT2D eigenvalue weighted by Crippen LogP contribution is 2.39. The van der Waals surface area contributed by atoms with Crippen LogP contribution in [0.2, 0.25) is 0 Å². The summed E-state index contributed by atoms with van der Waals surface area (Å²) in [6.45, 7) is 0.581. The fraction of sp³-hybridized carbons (Fsp3) is 0.476. The molecule has 1 saturated heterocycles. The Morgan fingerprint density at radius 3 is 2.81 bits per heavy atom. The monoisotopic (exact) mass is 433 g/mol. The van der Waals surface area contributed by atoms with Crippen LogP contribution < -0.4 is 10.1 Å². The molecule has 0 spiro atoms. The zero-order valence-electron chi connectivity index (χ0n) is 16.7. The Hall–Kier alpha value is -2.88. The Labute approximate surface area is 176 Å². The molecule has 1 saturated carbocycles. The first kappa shape index (κ1) is 20.0. The maximum absolute atomic E-state index is 13.4. The third-order valence-electron chi connectivity index (χ3n) is 5.80. The lowest BCUT2D eigenvalue weighted by molar-refractivity contribution is -0.142. The fourth-order valence-corrected chi connectivity index (χ4v) is 4.19. The van der Waals surface area contributed by atoms with Crippen LogP contribution in [0.5, 0.6) is 5.75 Å². The number of anilines is 1. The van der Waals surface area contributed by atoms with Crippen molar-refractivity contribution in [1.82, 2.24) is 19.6 Å². The minimum atomic E-state index is -4.53. The van der Waals surface area contributed by atoms with Crippen LogP contribution in [0.25, 0.3) is 5.65 Å². The van der Waals surface area contributed by atoms with Gasteiger partial charge >= 0.3 is 6.18 Å². The van der Waals surface area contributed by atoms with Gasteiger partial charge in [-0.05, 0) is 31.4 Å². The van der Waals surface area contributed by atoms with Gasteiger partial charge in [0.05, 0.1) is 13.2 Å². The van der Waals surface area contributed by atoms with Gasteiger partial charge in [0.25, 0.3) is 0 Å². The molecule has 0 unspecified atom stereocenters. The first-order chi connectivity index (χ1) is 15.0. The third kappa shape index (κ3) is 4.16. The maximum atomic E-state index is 13.4. The van der Waals surface area contributed by atoms with Crippen LogP contribution in [0.1, 0.15) is 43.0 Å². The van der Waals surface area contributed by atoms with Crippen LogP contribution in [0.3, 0.4) is 0 Å². The molecule has 164 valence electrons. The summed E-state index contributed by atoms with van der Waals surface area (Å²) in [4.78, 5) is 4.01. The molecule has 31 heavy (non-hydrogen) atoms. The highest BCUT2D eigenvalue weighted by Gasteiger charge is 2.37. The second kappa shape index (κ2) is 7.99. The van der Waals surface area contributed by atoms with Gasteiger partial charge in [-0.25, -0.2) is 4.98 Å². The number of ether oxygens (including phenoxy) is 2. The summed E-state index contributed by atoms with van der Waals surface area (Å²) in [5, 5.41) is 11.9. The minimum Gasteiger partial charge on any atom is -0.485 e. The van der Waals surface area contributed by atoms with Gasteiger partial charge in [0, 0.05) is 30.4 Å². The molecule has 10 heteroatoms. The van der Waals surface area contributed by atoms with Crippen molar-refractivity contribution in [3.8, 4) is 5.75 Å². The first-order valence-electron chi connectivity index (χ1n) is 10.4. The van der Waals surface area contributed by atoms with E-state index in [-0.39, 0.29) is 23.8 Å². The lowest BCUT2D eigenvalue weighted by atomic mass is 9.85. The number of hydrogen-bond donors (Lipinski definition) is 1. The lowest BCUT2D eigenvalue weighted by Crippen LogP contribution is -2.39. The van der Waals surface area contributed by atoms with Crippen molar-refractivity contribution in [3.63, 3.8) is 0 Å². The second-order valence-electron chi connectivity index (χ2n) is 8.03. The van der Waals surface area contributed by atoms with Crippen LogP contribution in [-0.2, 0) is 10.9 Å². The molecule has 0 radical (unpaired) electrons. The van der Waals surface area contributed by atoms with Gasteiger partial charge in [0.15, 0.2) is 5.65 Å². The van der Waals surface area contributed by atoms with Crippen molar-refractivity contribution in [3.05, 3.63) is 48.0 Å². The van der Waals surface area contributed by atoms with E-state index in [4.69, 9.17) is 9.47 Å². The van der Waals surface area contributed by atoms with E-state index in [0.29, 0.717) is 19.0 Å². The molecule has 2 atom stereocenters. The molecule has 1 aliphatic carbocycles. The topological polar surface area (TPSA) is 73.6 Å². The molecule has 2 fully saturated rings. The van der Waals surface area contributed by atoms with E-state index < -0.39 is 11.7 Å². The molecule has 7 nitrogen and oxygen atoms in total. The standard InChI is InChI=1S/C21H22F3N5O2/c22-21(23,24)16-10-25-18(9-17(16)31-15-11-30-12-15)26-14-5-3-4-13(8-14)20-28-27-19-6-1-2-7-29(19)20/h1-2,6-7,9-10,13-15H,3-5,8,11-12H2,(H,25,26)/t13-,14+/m0/s1. The van der Waals surface area contributed by atoms with Crippen molar-refractivity contribution >= 4 is 11.5 Å². The van der Waals surface area contributed by atoms with Gasteiger partial charge in [-0.1, -0.05) is 12.5 Å². The van der Waals surface area contributed by atoms with E-state index in [1.807, 2.05) is 28.8 Å². The van der Waals surface area contributed by atoms with E-state index in [9.17, 15) is 13.2 Å². The Morgan fingerprint density at radius 1 is 1.16 bits per heavy atom. The molecule has 0 bridgehead atoms. The number of nitrogens with one attached hydrogen (secondary N) is 1. The number of aromatic nitrogens is 4. The van der Waals surface area contributed by atoms with Gasteiger partial charge in [0.2, 0.25) is 0 Å². The molecule has 1 N–H and O–H groups in total. The number of alkyl halides is 3. The van der Waals surface area contributed by atoms with Crippen molar-refractivity contribution in [1.29, 1.82) is 0 Å². The van der Waals surface area contributed by atoms with E-state index in [1.165, 1.54) is 6.07 Å². The Kier molecular flexibility index (Phi) is 5.17. The Morgan fingerprint density at radius 2 is 2.03 bits per heavy atom. The number of nitrogens with zero attached hydrogens (tertiary/aromatic N) is 4. The zero-order chi connectivity index (χ0) is 21.4. The molecule has 1 aliphatic heterocycles. The van der Waals surface area contributed by atoms with Crippen molar-refractivity contribution in [2.24, 2.45) is 0 Å². The van der Waals surface area contributed by atoms with Gasteiger partial charge in [-0.15, -0.1) is 10.2 Å². The zero-order valence-corrected chi connectivity index (χ0v) is 16.7. The maximum Gasteiger partial charge on any atom is 0.421 e. The smallest absolute Gasteiger partial charge is 0.421 e. The van der Waals surface area contributed by atoms with Gasteiger partial charge in [-0.2, -0.15) is 13.2 Å². The SMILES string of the molecule is FC(F)(F)c1cnc(N[C@@H]2CCC[C@H](c3nnc4ccccn34)C2)cc1OC1COC1. The Balaban J connectivity index is 1.33. The fourth-order valence-electron chi connectivity index (χ4n) is 4.19. The Bertz CT molecular complexity index is 1070. The molecule has 0 aromatic carbocycles. The summed E-state index contributed by atoms with van der Waals surface area (Å²) >= 11 is 0. The van der Waals surface area contributed by atoms with Crippen molar-refractivity contribution in [2.45, 2.75) is 49.9 Å². The van der Waals surface area contributed by atoms with Crippen molar-refractivity contribution < 1.29 is 22.6 Å². The predicted molar refractivity (Wildman–Crippen MR) is 106 cm³/mol. The van der Waals surface area contributed by atoms with Gasteiger partial charge in [-0.3, -0.25) is 4.40 Å². The van der Waals surface area contributed by atoms with E-state index in [1.54, 1.807) is 0 Å². The van der Waals surface area contributed by atoms with E-state index in [0.717, 1.165) is 43.4 Å². The third-order valence-corrected chi connectivity index (χ3v) is 5.80. The summed E-state index contributed by atoms with van der Waals surface area (Å²) in [5.74, 6) is 1.28. The average Bonchev–Trinajstić information content (AvgIpc) is 3.14. The molecule has 0 amide bonds. The van der Waals surface area contributed by atoms with E-state index >= 15 is 0 Å². The molecular formula is C21H22F3N5O2. The van der Waals surface area contributed by atoms with Gasteiger partial charge in [0.1, 0.15) is 29.1 Å². The van der Waals surface area contributed by atoms with Crippen molar-refractivity contribution in [2.75, 3.05) is 18.5 Å². The number of rotatable bonds is 5. The summed E-state index contributed by atoms with van der Waals surface area (Å²) in [6.07, 6.45) is 1.56. The van der Waals surface area contributed by atoms with Crippen LogP contribution in [0.4, 0.5) is 19.0 Å². The van der Waals surface area contributed by atoms with Gasteiger partial charge < -0.3 is 14.8 Å². The number of pyridine rings is 2. The average molecular weight is 433 g/mol. The molecule has 5 rings (SSSR count). The lowest BCUT2D eigenvalue weighted by Gasteiger charge is -2.30. The summed E-state index contributed by atoms with van der Waals surface area (Å²) < 4.78 is 52.6. The molecule has 3 aromatic rings. The van der Waals surface area contributed by atoms with Crippen LogP contribution in [-0.4, -0.2) is 44.9 Å². The minimum absolute atomic E-state index is 0.0685. The largest absolute Gasteiger partial charge is 0.485 e. The predicted octanol–water partition coefficient (Wildman–Crippen LogP) is 4.06. The summed E-state index contributed by atoms with van der Waals surface area (Å²) in [7, 11) is 0. The summed E-state index contributed by atoms with van der Waals surface area (Å²) in [6, 6.07) is 7.19. The molecule has 2 aliphatic rings. The molecule has 4 heterocycles. The number of hydrogen-bond acceptors (Lipinski definition) is 6. The quantitative estimate of drug-likeness (QED) is 0.654. The first-order valence-corrected chi connectivity index (χ1v) is 10.4. The molecule has 3 aromatic heterocycles. The van der Waals surface area contributed by atoms with Crippen LogP contribution in [0, 0.1) is 0 Å². The van der Waals surface area contributed by atoms with E-state index in [2.05, 4.69) is 20.5 Å². The highest BCUT2D eigenvalue weighted by molar-refractivity contribution is 5.47. The number of halogens is 3. The number of fused-ring (bicyclic) bond motifs is 1. The normalized spacial score (nSPS) is 22.3. The second-order valence-corrected chi connectivity index (χ2v) is 8.03. The summed E-state index contributed by atoms with van der Waals surface area (Å²) in [5.41, 5.74) is -0.0693. The molecular weight excluding hydrogens is 411 g/mol. The van der Waals surface area contributed by atoms with Crippen LogP contribution in [0.15, 0.2) is 36.7 Å².